The summed E-state index contributed by atoms with van der Waals surface area (Å²) < 4.78 is 10.5. The van der Waals surface area contributed by atoms with Gasteiger partial charge in [0.05, 0.1) is 42.2 Å². The van der Waals surface area contributed by atoms with E-state index in [4.69, 9.17) is 9.47 Å². The summed E-state index contributed by atoms with van der Waals surface area (Å²) in [5, 5.41) is 15.8. The summed E-state index contributed by atoms with van der Waals surface area (Å²) in [4.78, 5) is 50.3. The number of nitrogens with one attached hydrogen (secondary N) is 2. The van der Waals surface area contributed by atoms with E-state index in [2.05, 4.69) is 32.6 Å². The van der Waals surface area contributed by atoms with Gasteiger partial charge >= 0.3 is 11.9 Å². The zero-order valence-corrected chi connectivity index (χ0v) is 23.6. The Hall–Kier alpha value is -3.62. The number of hydrogen-bond donors (Lipinski definition) is 2. The molecule has 0 bridgehead atoms. The van der Waals surface area contributed by atoms with Gasteiger partial charge in [-0.15, -0.1) is 0 Å². The predicted octanol–water partition coefficient (Wildman–Crippen LogP) is 4.22. The third-order valence-corrected chi connectivity index (χ3v) is 7.52. The molecular weight excluding hydrogens is 574 g/mol. The minimum Gasteiger partial charge on any atom is -0.468 e. The fourth-order valence-corrected chi connectivity index (χ4v) is 5.68. The van der Waals surface area contributed by atoms with Gasteiger partial charge in [-0.05, 0) is 54.3 Å². The van der Waals surface area contributed by atoms with Crippen LogP contribution in [0.1, 0.15) is 39.9 Å². The predicted molar refractivity (Wildman–Crippen MR) is 146 cm³/mol. The molecule has 2 aromatic rings. The molecule has 0 fully saturated rings. The normalized spacial score (nSPS) is 16.8. The number of hydrogen-bond acceptors (Lipinski definition) is 8. The lowest BCUT2D eigenvalue weighted by Crippen LogP contribution is -2.44. The van der Waals surface area contributed by atoms with E-state index >= 15 is 0 Å². The maximum atomic E-state index is 13.0. The first-order valence-corrected chi connectivity index (χ1v) is 13.4. The van der Waals surface area contributed by atoms with Gasteiger partial charge in [0.25, 0.3) is 0 Å². The number of amides is 2. The number of allylic oxidation sites excluding steroid dienone is 1. The molecular formula is C27H26BrN3O6S. The Morgan fingerprint density at radius 1 is 1.16 bits per heavy atom. The van der Waals surface area contributed by atoms with E-state index in [1.165, 1.54) is 19.2 Å². The molecule has 3 rings (SSSR count). The van der Waals surface area contributed by atoms with Crippen molar-refractivity contribution in [2.24, 2.45) is 5.92 Å². The molecule has 198 valence electrons. The van der Waals surface area contributed by atoms with Gasteiger partial charge in [0, 0.05) is 16.1 Å². The minimum atomic E-state index is -1.32. The van der Waals surface area contributed by atoms with Crippen LogP contribution in [0.2, 0.25) is 0 Å². The third kappa shape index (κ3) is 6.26. The maximum Gasteiger partial charge on any atom is 0.337 e. The number of carbonyl (C=O) groups excluding carboxylic acids is 4. The highest BCUT2D eigenvalue weighted by Gasteiger charge is 2.44. The second kappa shape index (κ2) is 12.8. The molecule has 0 unspecified atom stereocenters. The molecule has 11 heteroatoms. The second-order valence-corrected chi connectivity index (χ2v) is 10.3. The molecule has 2 N–H and O–H groups in total. The lowest BCUT2D eigenvalue weighted by molar-refractivity contribution is -0.150. The van der Waals surface area contributed by atoms with E-state index in [1.54, 1.807) is 12.1 Å². The number of esters is 2. The van der Waals surface area contributed by atoms with Crippen molar-refractivity contribution in [2.45, 2.75) is 26.2 Å². The van der Waals surface area contributed by atoms with Crippen LogP contribution in [0, 0.1) is 24.2 Å². The SMILES string of the molecule is CCc1cc(Br)cc(C)c1NC(=O)CSC1=C(C#N)[C@@H](c2ccc(C(=O)OC)cc2)[C@H](C(=O)OC)C(=O)N1. The van der Waals surface area contributed by atoms with Crippen LogP contribution >= 0.6 is 27.7 Å². The van der Waals surface area contributed by atoms with Gasteiger partial charge in [-0.25, -0.2) is 4.79 Å². The van der Waals surface area contributed by atoms with Gasteiger partial charge in [0.1, 0.15) is 5.92 Å². The Morgan fingerprint density at radius 2 is 1.84 bits per heavy atom. The average Bonchev–Trinajstić information content (AvgIpc) is 2.91. The standard InChI is InChI=1S/C27H26BrN3O6S/c1-5-15-11-18(28)10-14(2)23(15)30-20(32)13-38-25-19(12-29)21(22(24(33)31-25)27(35)37-4)16-6-8-17(9-7-16)26(34)36-3/h6-11,21-22H,5,13H2,1-4H3,(H,30,32)(H,31,33)/t21-,22+/m1/s1. The van der Waals surface area contributed by atoms with Crippen molar-refractivity contribution in [1.29, 1.82) is 5.26 Å². The van der Waals surface area contributed by atoms with Crippen LogP contribution in [0.3, 0.4) is 0 Å². The van der Waals surface area contributed by atoms with Gasteiger partial charge in [-0.3, -0.25) is 14.4 Å². The number of nitriles is 1. The molecule has 1 aliphatic heterocycles. The number of methoxy groups -OCH3 is 2. The molecule has 0 aliphatic carbocycles. The van der Waals surface area contributed by atoms with Crippen molar-refractivity contribution in [1.82, 2.24) is 5.32 Å². The molecule has 2 aromatic carbocycles. The number of anilines is 1. The zero-order chi connectivity index (χ0) is 28.0. The topological polar surface area (TPSA) is 135 Å². The zero-order valence-electron chi connectivity index (χ0n) is 21.2. The number of halogens is 1. The molecule has 0 radical (unpaired) electrons. The molecule has 0 saturated heterocycles. The van der Waals surface area contributed by atoms with Crippen molar-refractivity contribution in [3.63, 3.8) is 0 Å². The number of ether oxygens (including phenoxy) is 2. The molecule has 1 heterocycles. The Kier molecular flexibility index (Phi) is 9.72. The van der Waals surface area contributed by atoms with Gasteiger partial charge in [0.2, 0.25) is 11.8 Å². The number of nitrogens with zero attached hydrogens (tertiary/aromatic N) is 1. The van der Waals surface area contributed by atoms with Crippen LogP contribution in [0.4, 0.5) is 5.69 Å². The Bertz CT molecular complexity index is 1350. The summed E-state index contributed by atoms with van der Waals surface area (Å²) in [6, 6.07) is 12.0. The van der Waals surface area contributed by atoms with Crippen molar-refractivity contribution in [3.8, 4) is 6.07 Å². The molecule has 38 heavy (non-hydrogen) atoms. The van der Waals surface area contributed by atoms with Gasteiger partial charge in [-0.2, -0.15) is 5.26 Å². The second-order valence-electron chi connectivity index (χ2n) is 8.38. The summed E-state index contributed by atoms with van der Waals surface area (Å²) in [6.07, 6.45) is 0.716. The molecule has 0 aromatic heterocycles. The van der Waals surface area contributed by atoms with Crippen LogP contribution in [-0.2, 0) is 30.3 Å². The quantitative estimate of drug-likeness (QED) is 0.340. The summed E-state index contributed by atoms with van der Waals surface area (Å²) in [7, 11) is 2.42. The van der Waals surface area contributed by atoms with Crippen molar-refractivity contribution < 1.29 is 28.7 Å². The molecule has 2 atom stereocenters. The van der Waals surface area contributed by atoms with Crippen LogP contribution in [0.25, 0.3) is 0 Å². The lowest BCUT2D eigenvalue weighted by Gasteiger charge is -2.31. The molecule has 0 saturated carbocycles. The number of thioether (sulfide) groups is 1. The van der Waals surface area contributed by atoms with Crippen LogP contribution < -0.4 is 10.6 Å². The van der Waals surface area contributed by atoms with Gasteiger partial charge < -0.3 is 20.1 Å². The average molecular weight is 600 g/mol. The molecule has 9 nitrogen and oxygen atoms in total. The first-order chi connectivity index (χ1) is 18.1. The fraction of sp³-hybridized carbons (Fsp3) is 0.296. The number of carbonyl (C=O) groups is 4. The molecule has 0 spiro atoms. The highest BCUT2D eigenvalue weighted by Crippen LogP contribution is 2.40. The lowest BCUT2D eigenvalue weighted by atomic mass is 9.78. The van der Waals surface area contributed by atoms with E-state index < -0.39 is 29.7 Å². The van der Waals surface area contributed by atoms with Crippen molar-refractivity contribution >= 4 is 57.1 Å². The summed E-state index contributed by atoms with van der Waals surface area (Å²) >= 11 is 4.46. The largest absolute Gasteiger partial charge is 0.468 e. The Balaban J connectivity index is 1.92. The van der Waals surface area contributed by atoms with Gasteiger partial charge in [-0.1, -0.05) is 46.7 Å². The highest BCUT2D eigenvalue weighted by molar-refractivity contribution is 9.10. The minimum absolute atomic E-state index is 0.0870. The monoisotopic (exact) mass is 599 g/mol. The van der Waals surface area contributed by atoms with Crippen molar-refractivity contribution in [2.75, 3.05) is 25.3 Å². The molecule has 1 aliphatic rings. The van der Waals surface area contributed by atoms with Crippen LogP contribution in [-0.4, -0.2) is 43.7 Å². The fourth-order valence-electron chi connectivity index (χ4n) is 4.21. The summed E-state index contributed by atoms with van der Waals surface area (Å²) in [5.41, 5.74) is 3.42. The van der Waals surface area contributed by atoms with E-state index in [0.29, 0.717) is 12.0 Å². The van der Waals surface area contributed by atoms with E-state index in [9.17, 15) is 24.4 Å². The first kappa shape index (κ1) is 28.9. The smallest absolute Gasteiger partial charge is 0.337 e. The highest BCUT2D eigenvalue weighted by atomic mass is 79.9. The number of aryl methyl sites for hydroxylation is 2. The maximum absolute atomic E-state index is 13.0. The summed E-state index contributed by atoms with van der Waals surface area (Å²) in [5.74, 6) is -4.71. The molecule has 2 amide bonds. The Labute approximate surface area is 233 Å². The van der Waals surface area contributed by atoms with Crippen LogP contribution in [0.5, 0.6) is 0 Å². The third-order valence-electron chi connectivity index (χ3n) is 6.05. The number of benzene rings is 2. The van der Waals surface area contributed by atoms with Crippen molar-refractivity contribution in [3.05, 3.63) is 73.7 Å². The van der Waals surface area contributed by atoms with E-state index in [-0.39, 0.29) is 27.8 Å². The van der Waals surface area contributed by atoms with E-state index in [1.807, 2.05) is 26.0 Å². The van der Waals surface area contributed by atoms with Gasteiger partial charge in [0.15, 0.2) is 0 Å². The van der Waals surface area contributed by atoms with Crippen LogP contribution in [0.15, 0.2) is 51.5 Å². The summed E-state index contributed by atoms with van der Waals surface area (Å²) in [6.45, 7) is 3.89. The first-order valence-electron chi connectivity index (χ1n) is 11.6. The number of rotatable bonds is 8. The van der Waals surface area contributed by atoms with E-state index in [0.717, 1.165) is 40.2 Å². The Morgan fingerprint density at radius 3 is 2.42 bits per heavy atom.